The highest BCUT2D eigenvalue weighted by Gasteiger charge is 2.26. The first-order chi connectivity index (χ1) is 11.3. The van der Waals surface area contributed by atoms with Crippen LogP contribution >= 0.6 is 15.9 Å². The monoisotopic (exact) mass is 397 g/mol. The lowest BCUT2D eigenvalue weighted by Crippen LogP contribution is -2.39. The normalized spacial score (nSPS) is 20.9. The highest BCUT2D eigenvalue weighted by Crippen LogP contribution is 2.31. The molecule has 0 heterocycles. The van der Waals surface area contributed by atoms with Crippen molar-refractivity contribution in [2.45, 2.75) is 70.4 Å². The van der Waals surface area contributed by atoms with Crippen molar-refractivity contribution in [1.82, 2.24) is 5.32 Å². The first-order valence-corrected chi connectivity index (χ1v) is 9.47. The lowest BCUT2D eigenvalue weighted by atomic mass is 9.87. The summed E-state index contributed by atoms with van der Waals surface area (Å²) in [6.45, 7) is 7.02. The molecule has 2 atom stereocenters. The van der Waals surface area contributed by atoms with Gasteiger partial charge in [0.05, 0.1) is 23.2 Å². The molecule has 1 aromatic carbocycles. The Balaban J connectivity index is 1.73. The zero-order valence-electron chi connectivity index (χ0n) is 14.8. The van der Waals surface area contributed by atoms with Gasteiger partial charge in [0, 0.05) is 6.42 Å². The first kappa shape index (κ1) is 19.3. The van der Waals surface area contributed by atoms with Gasteiger partial charge in [-0.25, -0.2) is 0 Å². The maximum atomic E-state index is 11.9. The van der Waals surface area contributed by atoms with E-state index in [1.165, 1.54) is 5.56 Å². The third kappa shape index (κ3) is 5.49. The average Bonchev–Trinajstić information content (AvgIpc) is 2.89. The van der Waals surface area contributed by atoms with Crippen LogP contribution in [-0.2, 0) is 10.2 Å². The molecule has 1 aromatic rings. The van der Waals surface area contributed by atoms with E-state index in [1.807, 2.05) is 6.07 Å². The minimum Gasteiger partial charge on any atom is -0.492 e. The molecule has 2 unspecified atom stereocenters. The van der Waals surface area contributed by atoms with Gasteiger partial charge in [0.15, 0.2) is 0 Å². The number of ether oxygens (including phenoxy) is 1. The maximum Gasteiger partial charge on any atom is 0.220 e. The first-order valence-electron chi connectivity index (χ1n) is 8.67. The van der Waals surface area contributed by atoms with E-state index in [4.69, 9.17) is 4.74 Å². The van der Waals surface area contributed by atoms with Crippen molar-refractivity contribution in [1.29, 1.82) is 0 Å². The highest BCUT2D eigenvalue weighted by atomic mass is 79.9. The molecule has 0 saturated heterocycles. The molecule has 0 bridgehead atoms. The minimum absolute atomic E-state index is 0.00769. The Morgan fingerprint density at radius 3 is 2.71 bits per heavy atom. The number of halogens is 1. The van der Waals surface area contributed by atoms with E-state index < -0.39 is 0 Å². The van der Waals surface area contributed by atoms with Crippen LogP contribution in [0.15, 0.2) is 22.7 Å². The zero-order valence-corrected chi connectivity index (χ0v) is 16.4. The summed E-state index contributed by atoms with van der Waals surface area (Å²) < 4.78 is 6.71. The molecule has 1 amide bonds. The van der Waals surface area contributed by atoms with Gasteiger partial charge < -0.3 is 15.2 Å². The Labute approximate surface area is 153 Å². The fraction of sp³-hybridized carbons (Fsp3) is 0.632. The van der Waals surface area contributed by atoms with Gasteiger partial charge in [-0.1, -0.05) is 26.8 Å². The molecule has 1 aliphatic carbocycles. The standard InChI is InChI=1S/C19H28BrNO3/c1-19(2,3)13-9-10-17(14(20)12-13)24-11-5-8-18(23)21-15-6-4-7-16(15)22/h9-10,12,15-16,22H,4-8,11H2,1-3H3,(H,21,23). The third-order valence-electron chi connectivity index (χ3n) is 4.43. The van der Waals surface area contributed by atoms with E-state index in [0.717, 1.165) is 29.5 Å². The summed E-state index contributed by atoms with van der Waals surface area (Å²) in [4.78, 5) is 11.9. The Morgan fingerprint density at radius 1 is 1.38 bits per heavy atom. The van der Waals surface area contributed by atoms with Gasteiger partial charge in [-0.05, 0) is 64.7 Å². The molecule has 2 rings (SSSR count). The van der Waals surface area contributed by atoms with E-state index >= 15 is 0 Å². The fourth-order valence-electron chi connectivity index (χ4n) is 2.89. The molecule has 4 nitrogen and oxygen atoms in total. The van der Waals surface area contributed by atoms with E-state index in [9.17, 15) is 9.90 Å². The van der Waals surface area contributed by atoms with Crippen molar-refractivity contribution in [3.05, 3.63) is 28.2 Å². The quantitative estimate of drug-likeness (QED) is 0.714. The summed E-state index contributed by atoms with van der Waals surface area (Å²) >= 11 is 3.55. The highest BCUT2D eigenvalue weighted by molar-refractivity contribution is 9.10. The van der Waals surface area contributed by atoms with Crippen LogP contribution in [0.5, 0.6) is 5.75 Å². The molecular formula is C19H28BrNO3. The molecule has 2 N–H and O–H groups in total. The summed E-state index contributed by atoms with van der Waals surface area (Å²) in [6, 6.07) is 6.06. The van der Waals surface area contributed by atoms with Crippen molar-refractivity contribution < 1.29 is 14.6 Å². The Bertz CT molecular complexity index is 568. The van der Waals surface area contributed by atoms with Gasteiger partial charge in [-0.15, -0.1) is 0 Å². The molecular weight excluding hydrogens is 370 g/mol. The summed E-state index contributed by atoms with van der Waals surface area (Å²) in [5.74, 6) is 0.793. The van der Waals surface area contributed by atoms with Crippen LogP contribution in [0.3, 0.4) is 0 Å². The molecule has 0 radical (unpaired) electrons. The van der Waals surface area contributed by atoms with Crippen LogP contribution in [-0.4, -0.2) is 29.8 Å². The largest absolute Gasteiger partial charge is 0.492 e. The van der Waals surface area contributed by atoms with Gasteiger partial charge in [0.25, 0.3) is 0 Å². The number of benzene rings is 1. The molecule has 1 aliphatic rings. The molecule has 24 heavy (non-hydrogen) atoms. The number of hydrogen-bond donors (Lipinski definition) is 2. The van der Waals surface area contributed by atoms with E-state index in [2.05, 4.69) is 54.2 Å². The van der Waals surface area contributed by atoms with Gasteiger partial charge in [0.2, 0.25) is 5.91 Å². The minimum atomic E-state index is -0.387. The van der Waals surface area contributed by atoms with Crippen LogP contribution in [0.1, 0.15) is 58.4 Å². The second kappa shape index (κ2) is 8.34. The van der Waals surface area contributed by atoms with E-state index in [0.29, 0.717) is 19.4 Å². The van der Waals surface area contributed by atoms with Crippen LogP contribution in [0.4, 0.5) is 0 Å². The van der Waals surface area contributed by atoms with Crippen LogP contribution in [0.2, 0.25) is 0 Å². The van der Waals surface area contributed by atoms with Crippen LogP contribution in [0.25, 0.3) is 0 Å². The molecule has 1 saturated carbocycles. The Kier molecular flexibility index (Phi) is 6.70. The Morgan fingerprint density at radius 2 is 2.12 bits per heavy atom. The Hall–Kier alpha value is -1.07. The number of carbonyl (C=O) groups excluding carboxylic acids is 1. The van der Waals surface area contributed by atoms with Crippen molar-refractivity contribution in [3.63, 3.8) is 0 Å². The number of nitrogens with one attached hydrogen (secondary N) is 1. The SMILES string of the molecule is CC(C)(C)c1ccc(OCCCC(=O)NC2CCCC2O)c(Br)c1. The average molecular weight is 398 g/mol. The second-order valence-corrected chi connectivity index (χ2v) is 8.37. The number of aliphatic hydroxyl groups excluding tert-OH is 1. The summed E-state index contributed by atoms with van der Waals surface area (Å²) in [5.41, 5.74) is 1.35. The number of carbonyl (C=O) groups is 1. The van der Waals surface area contributed by atoms with Gasteiger partial charge >= 0.3 is 0 Å². The third-order valence-corrected chi connectivity index (χ3v) is 5.05. The second-order valence-electron chi connectivity index (χ2n) is 7.52. The maximum absolute atomic E-state index is 11.9. The van der Waals surface area contributed by atoms with Crippen LogP contribution in [0, 0.1) is 0 Å². The molecule has 0 spiro atoms. The smallest absolute Gasteiger partial charge is 0.220 e. The van der Waals surface area contributed by atoms with Gasteiger partial charge in [-0.2, -0.15) is 0 Å². The van der Waals surface area contributed by atoms with Gasteiger partial charge in [0.1, 0.15) is 5.75 Å². The van der Waals surface area contributed by atoms with Crippen LogP contribution < -0.4 is 10.1 Å². The van der Waals surface area contributed by atoms with E-state index in [1.54, 1.807) is 0 Å². The number of rotatable bonds is 6. The number of amides is 1. The lowest BCUT2D eigenvalue weighted by Gasteiger charge is -2.20. The summed E-state index contributed by atoms with van der Waals surface area (Å²) in [6.07, 6.45) is 3.32. The topological polar surface area (TPSA) is 58.6 Å². The molecule has 0 aromatic heterocycles. The molecule has 5 heteroatoms. The predicted octanol–water partition coefficient (Wildman–Crippen LogP) is 3.94. The van der Waals surface area contributed by atoms with Crippen molar-refractivity contribution in [2.24, 2.45) is 0 Å². The number of aliphatic hydroxyl groups is 1. The van der Waals surface area contributed by atoms with Gasteiger partial charge in [-0.3, -0.25) is 4.79 Å². The van der Waals surface area contributed by atoms with Crippen molar-refractivity contribution in [2.75, 3.05) is 6.61 Å². The predicted molar refractivity (Wildman–Crippen MR) is 99.4 cm³/mol. The fourth-order valence-corrected chi connectivity index (χ4v) is 3.38. The summed E-state index contributed by atoms with van der Waals surface area (Å²) in [5, 5.41) is 12.6. The molecule has 134 valence electrons. The molecule has 0 aliphatic heterocycles. The van der Waals surface area contributed by atoms with Crippen molar-refractivity contribution in [3.8, 4) is 5.75 Å². The lowest BCUT2D eigenvalue weighted by molar-refractivity contribution is -0.122. The van der Waals surface area contributed by atoms with Crippen molar-refractivity contribution >= 4 is 21.8 Å². The molecule has 1 fully saturated rings. The zero-order chi connectivity index (χ0) is 17.7. The number of hydrogen-bond acceptors (Lipinski definition) is 3. The summed E-state index contributed by atoms with van der Waals surface area (Å²) in [7, 11) is 0. The van der Waals surface area contributed by atoms with E-state index in [-0.39, 0.29) is 23.5 Å².